The number of nitrogens with two attached hydrogens (primary N) is 1. The lowest BCUT2D eigenvalue weighted by molar-refractivity contribution is 0.331. The van der Waals surface area contributed by atoms with E-state index in [1.165, 1.54) is 36.9 Å². The fourth-order valence-corrected chi connectivity index (χ4v) is 3.98. The van der Waals surface area contributed by atoms with Gasteiger partial charge in [-0.3, -0.25) is 4.99 Å². The smallest absolute Gasteiger partial charge is 0.196 e. The van der Waals surface area contributed by atoms with Crippen LogP contribution in [-0.4, -0.2) is 18.0 Å². The molecule has 2 N–H and O–H groups in total. The Morgan fingerprint density at radius 2 is 2.21 bits per heavy atom. The molecule has 0 amide bonds. The molecular weight excluding hydrogens is 234 g/mol. The number of hydrogen-bond acceptors (Lipinski definition) is 3. The van der Waals surface area contributed by atoms with Crippen LogP contribution in [0.2, 0.25) is 0 Å². The molecule has 3 nitrogen and oxygen atoms in total. The van der Waals surface area contributed by atoms with Gasteiger partial charge < -0.3 is 10.6 Å². The number of aliphatic imine (C=N–C) groups is 1. The van der Waals surface area contributed by atoms with Gasteiger partial charge in [-0.15, -0.1) is 0 Å². The van der Waals surface area contributed by atoms with E-state index in [1.807, 2.05) is 0 Å². The number of anilines is 1. The number of rotatable bonds is 2. The average molecular weight is 257 g/mol. The van der Waals surface area contributed by atoms with E-state index in [0.717, 1.165) is 6.54 Å². The lowest BCUT2D eigenvalue weighted by Crippen LogP contribution is -2.54. The normalized spacial score (nSPS) is 30.1. The van der Waals surface area contributed by atoms with E-state index >= 15 is 0 Å². The monoisotopic (exact) mass is 257 g/mol. The molecule has 1 aromatic carbocycles. The summed E-state index contributed by atoms with van der Waals surface area (Å²) in [5.74, 6) is 1.41. The maximum atomic E-state index is 6.23. The van der Waals surface area contributed by atoms with Gasteiger partial charge in [-0.1, -0.05) is 38.0 Å². The highest BCUT2D eigenvalue weighted by atomic mass is 15.4. The fourth-order valence-electron chi connectivity index (χ4n) is 3.98. The first-order valence-corrected chi connectivity index (χ1v) is 7.35. The van der Waals surface area contributed by atoms with Crippen LogP contribution >= 0.6 is 0 Å². The van der Waals surface area contributed by atoms with Crippen LogP contribution < -0.4 is 10.6 Å². The van der Waals surface area contributed by atoms with Gasteiger partial charge in [0, 0.05) is 5.69 Å². The number of hydrogen-bond donors (Lipinski definition) is 1. The molecule has 1 aromatic rings. The Morgan fingerprint density at radius 3 is 2.95 bits per heavy atom. The molecule has 2 unspecified atom stereocenters. The maximum Gasteiger partial charge on any atom is 0.196 e. The van der Waals surface area contributed by atoms with Gasteiger partial charge in [0.1, 0.15) is 0 Å². The number of aryl methyl sites for hydroxylation is 1. The molecule has 2 atom stereocenters. The van der Waals surface area contributed by atoms with Crippen molar-refractivity contribution < 1.29 is 0 Å². The van der Waals surface area contributed by atoms with Crippen LogP contribution in [0.1, 0.15) is 38.2 Å². The van der Waals surface area contributed by atoms with Crippen molar-refractivity contribution in [2.24, 2.45) is 16.6 Å². The highest BCUT2D eigenvalue weighted by Crippen LogP contribution is 2.47. The highest BCUT2D eigenvalue weighted by Gasteiger charge is 2.50. The van der Waals surface area contributed by atoms with Crippen LogP contribution in [0.15, 0.2) is 29.3 Å². The van der Waals surface area contributed by atoms with Gasteiger partial charge in [0.25, 0.3) is 0 Å². The Labute approximate surface area is 115 Å². The van der Waals surface area contributed by atoms with Crippen molar-refractivity contribution in [1.82, 2.24) is 0 Å². The van der Waals surface area contributed by atoms with Crippen molar-refractivity contribution in [1.29, 1.82) is 0 Å². The van der Waals surface area contributed by atoms with Crippen LogP contribution in [0, 0.1) is 12.8 Å². The predicted octanol–water partition coefficient (Wildman–Crippen LogP) is 3.08. The van der Waals surface area contributed by atoms with Crippen molar-refractivity contribution in [3.63, 3.8) is 0 Å². The molecule has 1 aliphatic carbocycles. The molecule has 1 aliphatic heterocycles. The van der Waals surface area contributed by atoms with Crippen molar-refractivity contribution in [2.45, 2.75) is 45.1 Å². The van der Waals surface area contributed by atoms with Gasteiger partial charge in [-0.25, -0.2) is 0 Å². The average Bonchev–Trinajstić information content (AvgIpc) is 2.96. The summed E-state index contributed by atoms with van der Waals surface area (Å²) in [6.07, 6.45) is 5.03. The maximum absolute atomic E-state index is 6.23. The number of para-hydroxylation sites is 1. The molecule has 1 fully saturated rings. The summed E-state index contributed by atoms with van der Waals surface area (Å²) in [6, 6.07) is 8.51. The summed E-state index contributed by atoms with van der Waals surface area (Å²) >= 11 is 0. The zero-order valence-electron chi connectivity index (χ0n) is 11.9. The van der Waals surface area contributed by atoms with Crippen molar-refractivity contribution >= 4 is 11.6 Å². The summed E-state index contributed by atoms with van der Waals surface area (Å²) in [6.45, 7) is 5.32. The first-order valence-electron chi connectivity index (χ1n) is 7.35. The lowest BCUT2D eigenvalue weighted by Gasteiger charge is -2.41. The summed E-state index contributed by atoms with van der Waals surface area (Å²) in [5.41, 5.74) is 8.89. The Balaban J connectivity index is 2.06. The Hall–Kier alpha value is -1.51. The lowest BCUT2D eigenvalue weighted by atomic mass is 9.83. The second kappa shape index (κ2) is 4.55. The zero-order valence-corrected chi connectivity index (χ0v) is 11.9. The van der Waals surface area contributed by atoms with E-state index in [-0.39, 0.29) is 5.54 Å². The molecule has 0 aromatic heterocycles. The fraction of sp³-hybridized carbons (Fsp3) is 0.562. The molecule has 2 aliphatic rings. The Bertz CT molecular complexity index is 508. The molecule has 0 radical (unpaired) electrons. The van der Waals surface area contributed by atoms with Gasteiger partial charge in [0.05, 0.1) is 12.1 Å². The molecule has 0 saturated heterocycles. The molecule has 102 valence electrons. The van der Waals surface area contributed by atoms with Crippen molar-refractivity contribution in [3.05, 3.63) is 29.8 Å². The van der Waals surface area contributed by atoms with E-state index in [9.17, 15) is 0 Å². The first kappa shape index (κ1) is 12.5. The van der Waals surface area contributed by atoms with Crippen molar-refractivity contribution in [3.8, 4) is 0 Å². The molecular formula is C16H23N3. The van der Waals surface area contributed by atoms with E-state index in [1.54, 1.807) is 0 Å². The van der Waals surface area contributed by atoms with Crippen LogP contribution in [-0.2, 0) is 0 Å². The second-order valence-corrected chi connectivity index (χ2v) is 5.90. The highest BCUT2D eigenvalue weighted by molar-refractivity contribution is 5.99. The SMILES string of the molecule is CCC1CCCC12CN=C(N)N2c1ccccc1C. The molecule has 1 heterocycles. The van der Waals surface area contributed by atoms with Gasteiger partial charge in [-0.2, -0.15) is 0 Å². The standard InChI is InChI=1S/C16H23N3/c1-3-13-8-6-10-16(13)11-18-15(17)19(16)14-9-5-4-7-12(14)2/h4-5,7,9,13H,3,6,8,10-11H2,1-2H3,(H2,17,18). The van der Waals surface area contributed by atoms with E-state index in [4.69, 9.17) is 5.73 Å². The summed E-state index contributed by atoms with van der Waals surface area (Å²) in [5, 5.41) is 0. The van der Waals surface area contributed by atoms with Crippen LogP contribution in [0.5, 0.6) is 0 Å². The predicted molar refractivity (Wildman–Crippen MR) is 80.5 cm³/mol. The molecule has 3 rings (SSSR count). The largest absolute Gasteiger partial charge is 0.369 e. The minimum atomic E-state index is 0.144. The molecule has 1 saturated carbocycles. The Morgan fingerprint density at radius 1 is 1.42 bits per heavy atom. The van der Waals surface area contributed by atoms with Crippen LogP contribution in [0.4, 0.5) is 5.69 Å². The molecule has 0 bridgehead atoms. The number of nitrogens with zero attached hydrogens (tertiary/aromatic N) is 2. The van der Waals surface area contributed by atoms with Gasteiger partial charge >= 0.3 is 0 Å². The Kier molecular flexibility index (Phi) is 3.00. The summed E-state index contributed by atoms with van der Waals surface area (Å²) in [7, 11) is 0. The molecule has 3 heteroatoms. The number of guanidine groups is 1. The van der Waals surface area contributed by atoms with Gasteiger partial charge in [-0.05, 0) is 37.3 Å². The third kappa shape index (κ3) is 1.75. The van der Waals surface area contributed by atoms with Crippen molar-refractivity contribution in [2.75, 3.05) is 11.4 Å². The van der Waals surface area contributed by atoms with Gasteiger partial charge in [0.2, 0.25) is 0 Å². The molecule has 19 heavy (non-hydrogen) atoms. The van der Waals surface area contributed by atoms with Crippen LogP contribution in [0.3, 0.4) is 0 Å². The van der Waals surface area contributed by atoms with E-state index in [0.29, 0.717) is 11.9 Å². The summed E-state index contributed by atoms with van der Waals surface area (Å²) < 4.78 is 0. The first-order chi connectivity index (χ1) is 9.19. The van der Waals surface area contributed by atoms with E-state index < -0.39 is 0 Å². The van der Waals surface area contributed by atoms with E-state index in [2.05, 4.69) is 48.0 Å². The zero-order chi connectivity index (χ0) is 13.5. The quantitative estimate of drug-likeness (QED) is 0.884. The minimum absolute atomic E-state index is 0.144. The minimum Gasteiger partial charge on any atom is -0.369 e. The third-order valence-electron chi connectivity index (χ3n) is 4.96. The second-order valence-electron chi connectivity index (χ2n) is 5.90. The number of benzene rings is 1. The third-order valence-corrected chi connectivity index (χ3v) is 4.96. The topological polar surface area (TPSA) is 41.6 Å². The van der Waals surface area contributed by atoms with Gasteiger partial charge in [0.15, 0.2) is 5.96 Å². The van der Waals surface area contributed by atoms with Crippen LogP contribution in [0.25, 0.3) is 0 Å². The summed E-state index contributed by atoms with van der Waals surface area (Å²) in [4.78, 5) is 6.93. The molecule has 1 spiro atoms.